The summed E-state index contributed by atoms with van der Waals surface area (Å²) in [5, 5.41) is 0. The lowest BCUT2D eigenvalue weighted by molar-refractivity contribution is -0.155. The summed E-state index contributed by atoms with van der Waals surface area (Å²) in [5.74, 6) is -1.31. The van der Waals surface area contributed by atoms with Crippen LogP contribution in [0, 0.1) is 5.92 Å². The van der Waals surface area contributed by atoms with Crippen molar-refractivity contribution in [3.8, 4) is 0 Å². The van der Waals surface area contributed by atoms with Crippen molar-refractivity contribution >= 4 is 11.8 Å². The van der Waals surface area contributed by atoms with Gasteiger partial charge in [-0.15, -0.1) is 0 Å². The molecule has 18 heavy (non-hydrogen) atoms. The minimum atomic E-state index is -0.841. The molecule has 0 aliphatic heterocycles. The van der Waals surface area contributed by atoms with Gasteiger partial charge < -0.3 is 10.5 Å². The molecule has 0 fully saturated rings. The average Bonchev–Trinajstić information content (AvgIpc) is 2.36. The summed E-state index contributed by atoms with van der Waals surface area (Å²) >= 11 is 0. The minimum absolute atomic E-state index is 0.201. The second-order valence-electron chi connectivity index (χ2n) is 4.65. The zero-order valence-corrected chi connectivity index (χ0v) is 10.8. The first-order chi connectivity index (χ1) is 8.50. The molecule has 0 aliphatic rings. The maximum atomic E-state index is 11.7. The highest BCUT2D eigenvalue weighted by Gasteiger charge is 2.23. The molecule has 1 rings (SSSR count). The van der Waals surface area contributed by atoms with Crippen molar-refractivity contribution in [2.45, 2.75) is 26.3 Å². The molecule has 1 aromatic carbocycles. The van der Waals surface area contributed by atoms with E-state index in [1.807, 2.05) is 44.2 Å². The van der Waals surface area contributed by atoms with E-state index in [0.29, 0.717) is 6.42 Å². The Bertz CT molecular complexity index is 401. The average molecular weight is 249 g/mol. The van der Waals surface area contributed by atoms with Crippen molar-refractivity contribution < 1.29 is 14.3 Å². The van der Waals surface area contributed by atoms with Crippen molar-refractivity contribution in [1.29, 1.82) is 0 Å². The van der Waals surface area contributed by atoms with Crippen molar-refractivity contribution in [1.82, 2.24) is 0 Å². The molecule has 1 aromatic rings. The lowest BCUT2D eigenvalue weighted by atomic mass is 10.0. The molecular weight excluding hydrogens is 230 g/mol. The molecular formula is C14H19NO3. The van der Waals surface area contributed by atoms with Crippen LogP contribution in [0.4, 0.5) is 0 Å². The highest BCUT2D eigenvalue weighted by Crippen LogP contribution is 2.03. The number of hydrogen-bond acceptors (Lipinski definition) is 4. The van der Waals surface area contributed by atoms with Gasteiger partial charge in [-0.3, -0.25) is 4.79 Å². The van der Waals surface area contributed by atoms with Crippen LogP contribution in [0.25, 0.3) is 0 Å². The fraction of sp³-hybridized carbons (Fsp3) is 0.429. The first-order valence-electron chi connectivity index (χ1n) is 6.01. The SMILES string of the molecule is CC(C)COC(=O)C(=O)C(N)Cc1ccccc1. The number of carbonyl (C=O) groups is 2. The topological polar surface area (TPSA) is 69.4 Å². The third kappa shape index (κ3) is 4.67. The number of nitrogens with two attached hydrogens (primary N) is 1. The van der Waals surface area contributed by atoms with Gasteiger partial charge in [-0.25, -0.2) is 4.79 Å². The maximum Gasteiger partial charge on any atom is 0.376 e. The molecule has 0 radical (unpaired) electrons. The van der Waals surface area contributed by atoms with E-state index in [-0.39, 0.29) is 12.5 Å². The van der Waals surface area contributed by atoms with Crippen molar-refractivity contribution in [2.75, 3.05) is 6.61 Å². The molecule has 0 aromatic heterocycles. The van der Waals surface area contributed by atoms with Gasteiger partial charge in [-0.2, -0.15) is 0 Å². The van der Waals surface area contributed by atoms with E-state index in [1.165, 1.54) is 0 Å². The van der Waals surface area contributed by atoms with Crippen LogP contribution in [0.1, 0.15) is 19.4 Å². The molecule has 0 aliphatic carbocycles. The van der Waals surface area contributed by atoms with Crippen LogP contribution in [0.3, 0.4) is 0 Å². The Hall–Kier alpha value is -1.68. The Morgan fingerprint density at radius 3 is 2.39 bits per heavy atom. The third-order valence-corrected chi connectivity index (χ3v) is 2.38. The van der Waals surface area contributed by atoms with E-state index < -0.39 is 17.8 Å². The van der Waals surface area contributed by atoms with Gasteiger partial charge in [-0.05, 0) is 17.9 Å². The molecule has 0 saturated heterocycles. The Labute approximate surface area is 107 Å². The number of rotatable bonds is 6. The van der Waals surface area contributed by atoms with Crippen molar-refractivity contribution in [3.63, 3.8) is 0 Å². The predicted octanol–water partition coefficient (Wildman–Crippen LogP) is 1.32. The Kier molecular flexibility index (Phi) is 5.52. The summed E-state index contributed by atoms with van der Waals surface area (Å²) in [6.07, 6.45) is 0.344. The van der Waals surface area contributed by atoms with Gasteiger partial charge in [0.15, 0.2) is 0 Å². The zero-order chi connectivity index (χ0) is 13.5. The highest BCUT2D eigenvalue weighted by molar-refractivity contribution is 6.35. The number of ether oxygens (including phenoxy) is 1. The fourth-order valence-corrected chi connectivity index (χ4v) is 1.43. The molecule has 0 spiro atoms. The van der Waals surface area contributed by atoms with Gasteiger partial charge in [0.1, 0.15) is 0 Å². The lowest BCUT2D eigenvalue weighted by Crippen LogP contribution is -2.39. The monoisotopic (exact) mass is 249 g/mol. The Morgan fingerprint density at radius 2 is 1.83 bits per heavy atom. The first kappa shape index (κ1) is 14.4. The van der Waals surface area contributed by atoms with Gasteiger partial charge >= 0.3 is 5.97 Å². The standard InChI is InChI=1S/C14H19NO3/c1-10(2)9-18-14(17)13(16)12(15)8-11-6-4-3-5-7-11/h3-7,10,12H,8-9,15H2,1-2H3. The number of ketones is 1. The maximum absolute atomic E-state index is 11.7. The number of hydrogen-bond donors (Lipinski definition) is 1. The number of esters is 1. The molecule has 98 valence electrons. The van der Waals surface area contributed by atoms with Gasteiger partial charge in [0, 0.05) is 0 Å². The largest absolute Gasteiger partial charge is 0.460 e. The van der Waals surface area contributed by atoms with E-state index >= 15 is 0 Å². The van der Waals surface area contributed by atoms with Gasteiger partial charge in [0.05, 0.1) is 12.6 Å². The van der Waals surface area contributed by atoms with Gasteiger partial charge in [-0.1, -0.05) is 44.2 Å². The molecule has 0 amide bonds. The molecule has 0 heterocycles. The van der Waals surface area contributed by atoms with E-state index in [2.05, 4.69) is 0 Å². The molecule has 4 heteroatoms. The molecule has 1 unspecified atom stereocenters. The van der Waals surface area contributed by atoms with Crippen LogP contribution in [0.2, 0.25) is 0 Å². The van der Waals surface area contributed by atoms with Crippen LogP contribution in [0.5, 0.6) is 0 Å². The Morgan fingerprint density at radius 1 is 1.22 bits per heavy atom. The number of Topliss-reactive ketones (excluding diaryl/α,β-unsaturated/α-hetero) is 1. The highest BCUT2D eigenvalue weighted by atomic mass is 16.5. The smallest absolute Gasteiger partial charge is 0.376 e. The minimum Gasteiger partial charge on any atom is -0.460 e. The summed E-state index contributed by atoms with van der Waals surface area (Å²) in [6.45, 7) is 4.05. The first-order valence-corrected chi connectivity index (χ1v) is 6.01. The second kappa shape index (κ2) is 6.91. The summed E-state index contributed by atoms with van der Waals surface area (Å²) in [7, 11) is 0. The van der Waals surface area contributed by atoms with E-state index in [9.17, 15) is 9.59 Å². The third-order valence-electron chi connectivity index (χ3n) is 2.38. The molecule has 0 saturated carbocycles. The van der Waals surface area contributed by atoms with Crippen molar-refractivity contribution in [2.24, 2.45) is 11.7 Å². The van der Waals surface area contributed by atoms with Crippen LogP contribution >= 0.6 is 0 Å². The van der Waals surface area contributed by atoms with Crippen LogP contribution in [-0.2, 0) is 20.7 Å². The lowest BCUT2D eigenvalue weighted by Gasteiger charge is -2.11. The van der Waals surface area contributed by atoms with Crippen LogP contribution < -0.4 is 5.73 Å². The summed E-state index contributed by atoms with van der Waals surface area (Å²) in [6, 6.07) is 8.51. The summed E-state index contributed by atoms with van der Waals surface area (Å²) in [5.41, 5.74) is 6.63. The number of benzene rings is 1. The van der Waals surface area contributed by atoms with E-state index in [4.69, 9.17) is 10.5 Å². The van der Waals surface area contributed by atoms with E-state index in [1.54, 1.807) is 0 Å². The van der Waals surface area contributed by atoms with Crippen LogP contribution in [-0.4, -0.2) is 24.4 Å². The van der Waals surface area contributed by atoms with Crippen LogP contribution in [0.15, 0.2) is 30.3 Å². The molecule has 2 N–H and O–H groups in total. The van der Waals surface area contributed by atoms with E-state index in [0.717, 1.165) is 5.56 Å². The Balaban J connectivity index is 2.48. The second-order valence-corrected chi connectivity index (χ2v) is 4.65. The van der Waals surface area contributed by atoms with Crippen molar-refractivity contribution in [3.05, 3.63) is 35.9 Å². The van der Waals surface area contributed by atoms with Gasteiger partial charge in [0.2, 0.25) is 0 Å². The quantitative estimate of drug-likeness (QED) is 0.610. The number of carbonyl (C=O) groups excluding carboxylic acids is 2. The molecule has 0 bridgehead atoms. The summed E-state index contributed by atoms with van der Waals surface area (Å²) in [4.78, 5) is 23.1. The fourth-order valence-electron chi connectivity index (χ4n) is 1.43. The zero-order valence-electron chi connectivity index (χ0n) is 10.8. The molecule has 1 atom stereocenters. The molecule has 4 nitrogen and oxygen atoms in total. The predicted molar refractivity (Wildman–Crippen MR) is 68.9 cm³/mol. The normalized spacial score (nSPS) is 12.2. The van der Waals surface area contributed by atoms with Gasteiger partial charge in [0.25, 0.3) is 5.78 Å². The summed E-state index contributed by atoms with van der Waals surface area (Å²) < 4.78 is 4.86.